The third kappa shape index (κ3) is 4.37. The van der Waals surface area contributed by atoms with Gasteiger partial charge >= 0.3 is 0 Å². The van der Waals surface area contributed by atoms with Crippen molar-refractivity contribution in [1.82, 2.24) is 5.32 Å². The quantitative estimate of drug-likeness (QED) is 0.606. The molecule has 0 radical (unpaired) electrons. The summed E-state index contributed by atoms with van der Waals surface area (Å²) in [6.07, 6.45) is 0. The van der Waals surface area contributed by atoms with Crippen LogP contribution in [0.4, 0.5) is 5.69 Å². The molecule has 1 N–H and O–H groups in total. The number of hydrogen-bond acceptors (Lipinski definition) is 6. The van der Waals surface area contributed by atoms with Gasteiger partial charge in [0.2, 0.25) is 0 Å². The molecule has 2 rings (SSSR count). The number of nitrogens with zero attached hydrogens (tertiary/aromatic N) is 1. The number of nitrogens with one attached hydrogen (secondary N) is 1. The number of carbonyl (C=O) groups excluding carboxylic acids is 1. The van der Waals surface area contributed by atoms with E-state index in [1.807, 2.05) is 6.92 Å². The van der Waals surface area contributed by atoms with E-state index in [1.54, 1.807) is 12.1 Å². The summed E-state index contributed by atoms with van der Waals surface area (Å²) < 4.78 is 10.6. The highest BCUT2D eigenvalue weighted by molar-refractivity contribution is 5.94. The summed E-state index contributed by atoms with van der Waals surface area (Å²) in [4.78, 5) is 22.4. The van der Waals surface area contributed by atoms with Crippen molar-refractivity contribution in [3.8, 4) is 17.2 Å². The number of carbonyl (C=O) groups is 1. The molecule has 2 aromatic rings. The number of methoxy groups -OCH3 is 1. The van der Waals surface area contributed by atoms with Crippen LogP contribution in [-0.4, -0.2) is 24.5 Å². The molecule has 0 bridgehead atoms. The molecule has 25 heavy (non-hydrogen) atoms. The van der Waals surface area contributed by atoms with Crippen LogP contribution in [0.15, 0.2) is 36.4 Å². The van der Waals surface area contributed by atoms with Crippen LogP contribution >= 0.6 is 0 Å². The Balaban J connectivity index is 2.13. The maximum absolute atomic E-state index is 12.2. The Hall–Kier alpha value is -3.29. The molecule has 1 amide bonds. The highest BCUT2D eigenvalue weighted by atomic mass is 16.6. The summed E-state index contributed by atoms with van der Waals surface area (Å²) in [5.41, 5.74) is 0.255. The minimum absolute atomic E-state index is 0.116. The van der Waals surface area contributed by atoms with Crippen molar-refractivity contribution >= 4 is 11.6 Å². The van der Waals surface area contributed by atoms with Crippen LogP contribution < -0.4 is 19.9 Å². The molecule has 0 aliphatic heterocycles. The summed E-state index contributed by atoms with van der Waals surface area (Å²) in [6.45, 7) is 2.18. The highest BCUT2D eigenvalue weighted by Gasteiger charge is 2.12. The Kier molecular flexibility index (Phi) is 5.78. The molecule has 0 fully saturated rings. The fraction of sp³-hybridized carbons (Fsp3) is 0.235. The van der Waals surface area contributed by atoms with Crippen molar-refractivity contribution in [2.75, 3.05) is 13.7 Å². The molecular weight excluding hydrogens is 328 g/mol. The number of nitro benzene ring substituents is 1. The zero-order valence-electron chi connectivity index (χ0n) is 13.8. The zero-order valence-corrected chi connectivity index (χ0v) is 13.8. The summed E-state index contributed by atoms with van der Waals surface area (Å²) in [5.74, 6) is 0.110. The lowest BCUT2D eigenvalue weighted by atomic mass is 10.1. The Morgan fingerprint density at radius 3 is 2.60 bits per heavy atom. The van der Waals surface area contributed by atoms with E-state index in [0.29, 0.717) is 23.7 Å². The summed E-state index contributed by atoms with van der Waals surface area (Å²) in [6, 6.07) is 8.09. The van der Waals surface area contributed by atoms with Gasteiger partial charge in [0, 0.05) is 24.2 Å². The standard InChI is InChI=1S/C17H18N2O6/c1-3-25-15-7-4-11(9-16(15)24-2)17(21)18-10-12-8-13(19(22)23)5-6-14(12)20/h4-9,20H,3,10H2,1-2H3,(H,18,21)/p-1. The number of nitro groups is 1. The molecule has 0 saturated heterocycles. The van der Waals surface area contributed by atoms with E-state index in [9.17, 15) is 20.0 Å². The molecule has 0 heterocycles. The van der Waals surface area contributed by atoms with Gasteiger partial charge in [-0.25, -0.2) is 0 Å². The van der Waals surface area contributed by atoms with Crippen LogP contribution in [0.25, 0.3) is 0 Å². The Morgan fingerprint density at radius 1 is 1.20 bits per heavy atom. The molecular formula is C17H17N2O6-. The maximum atomic E-state index is 12.2. The number of benzene rings is 2. The molecule has 0 saturated carbocycles. The molecule has 0 unspecified atom stereocenters. The predicted octanol–water partition coefficient (Wildman–Crippen LogP) is 2.01. The maximum Gasteiger partial charge on any atom is 0.269 e. The fourth-order valence-electron chi connectivity index (χ4n) is 2.18. The average molecular weight is 345 g/mol. The van der Waals surface area contributed by atoms with Crippen molar-refractivity contribution in [3.63, 3.8) is 0 Å². The lowest BCUT2D eigenvalue weighted by Gasteiger charge is -2.14. The molecule has 8 nitrogen and oxygen atoms in total. The SMILES string of the molecule is CCOc1ccc(C(=O)NCc2cc([N+](=O)[O-])ccc2[O-])cc1OC. The number of non-ortho nitro benzene ring substituents is 1. The summed E-state index contributed by atoms with van der Waals surface area (Å²) >= 11 is 0. The van der Waals surface area contributed by atoms with Crippen LogP contribution in [0.2, 0.25) is 0 Å². The first kappa shape index (κ1) is 18.1. The summed E-state index contributed by atoms with van der Waals surface area (Å²) in [7, 11) is 1.46. The van der Waals surface area contributed by atoms with Crippen LogP contribution in [0, 0.1) is 10.1 Å². The number of ether oxygens (including phenoxy) is 2. The molecule has 8 heteroatoms. The number of rotatable bonds is 7. The molecule has 0 atom stereocenters. The van der Waals surface area contributed by atoms with E-state index in [-0.39, 0.29) is 23.5 Å². The molecule has 2 aromatic carbocycles. The number of amides is 1. The lowest BCUT2D eigenvalue weighted by molar-refractivity contribution is -0.385. The first-order valence-corrected chi connectivity index (χ1v) is 7.49. The second-order valence-corrected chi connectivity index (χ2v) is 5.03. The zero-order chi connectivity index (χ0) is 18.4. The van der Waals surface area contributed by atoms with Crippen molar-refractivity contribution < 1.29 is 24.3 Å². The largest absolute Gasteiger partial charge is 0.872 e. The molecule has 132 valence electrons. The van der Waals surface area contributed by atoms with Gasteiger partial charge in [-0.15, -0.1) is 5.75 Å². The second-order valence-electron chi connectivity index (χ2n) is 5.03. The van der Waals surface area contributed by atoms with Gasteiger partial charge in [0.25, 0.3) is 11.6 Å². The van der Waals surface area contributed by atoms with Gasteiger partial charge in [0.05, 0.1) is 18.6 Å². The minimum atomic E-state index is -0.595. The molecule has 0 aromatic heterocycles. The van der Waals surface area contributed by atoms with E-state index in [0.717, 1.165) is 18.2 Å². The Bertz CT molecular complexity index is 791. The highest BCUT2D eigenvalue weighted by Crippen LogP contribution is 2.28. The van der Waals surface area contributed by atoms with Crippen molar-refractivity contribution in [1.29, 1.82) is 0 Å². The molecule has 0 aliphatic rings. The van der Waals surface area contributed by atoms with Crippen LogP contribution in [-0.2, 0) is 6.54 Å². The van der Waals surface area contributed by atoms with Gasteiger partial charge in [-0.2, -0.15) is 0 Å². The molecule has 0 spiro atoms. The normalized spacial score (nSPS) is 10.2. The minimum Gasteiger partial charge on any atom is -0.872 e. The van der Waals surface area contributed by atoms with Gasteiger partial charge in [0.1, 0.15) is 0 Å². The van der Waals surface area contributed by atoms with E-state index in [4.69, 9.17) is 9.47 Å². The van der Waals surface area contributed by atoms with Gasteiger partial charge in [-0.3, -0.25) is 14.9 Å². The fourth-order valence-corrected chi connectivity index (χ4v) is 2.18. The lowest BCUT2D eigenvalue weighted by Crippen LogP contribution is -2.23. The first-order valence-electron chi connectivity index (χ1n) is 7.49. The molecule has 0 aliphatic carbocycles. The van der Waals surface area contributed by atoms with Gasteiger partial charge in [0.15, 0.2) is 11.5 Å². The topological polar surface area (TPSA) is 114 Å². The van der Waals surface area contributed by atoms with E-state index >= 15 is 0 Å². The second kappa shape index (κ2) is 8.00. The van der Waals surface area contributed by atoms with Gasteiger partial charge in [-0.1, -0.05) is 6.07 Å². The third-order valence-corrected chi connectivity index (χ3v) is 3.42. The van der Waals surface area contributed by atoms with Crippen molar-refractivity contribution in [2.45, 2.75) is 13.5 Å². The van der Waals surface area contributed by atoms with Crippen molar-refractivity contribution in [2.24, 2.45) is 0 Å². The van der Waals surface area contributed by atoms with Crippen LogP contribution in [0.3, 0.4) is 0 Å². The smallest absolute Gasteiger partial charge is 0.269 e. The van der Waals surface area contributed by atoms with E-state index < -0.39 is 10.8 Å². The predicted molar refractivity (Wildman–Crippen MR) is 87.9 cm³/mol. The van der Waals surface area contributed by atoms with Gasteiger partial charge < -0.3 is 19.9 Å². The Labute approximate surface area is 144 Å². The van der Waals surface area contributed by atoms with Crippen LogP contribution in [0.5, 0.6) is 17.2 Å². The Morgan fingerprint density at radius 2 is 1.96 bits per heavy atom. The number of hydrogen-bond donors (Lipinski definition) is 1. The average Bonchev–Trinajstić information content (AvgIpc) is 2.61. The third-order valence-electron chi connectivity index (χ3n) is 3.42. The van der Waals surface area contributed by atoms with Crippen molar-refractivity contribution in [3.05, 3.63) is 57.6 Å². The van der Waals surface area contributed by atoms with Gasteiger partial charge in [-0.05, 0) is 30.7 Å². The first-order chi connectivity index (χ1) is 12.0. The monoisotopic (exact) mass is 345 g/mol. The van der Waals surface area contributed by atoms with E-state index in [1.165, 1.54) is 13.2 Å². The van der Waals surface area contributed by atoms with Crippen LogP contribution in [0.1, 0.15) is 22.8 Å². The summed E-state index contributed by atoms with van der Waals surface area (Å²) in [5, 5.41) is 25.1. The van der Waals surface area contributed by atoms with E-state index in [2.05, 4.69) is 5.32 Å².